The van der Waals surface area contributed by atoms with E-state index in [1.54, 1.807) is 11.0 Å². The number of rotatable bonds is 5. The largest absolute Gasteiger partial charge is 0.480 e. The van der Waals surface area contributed by atoms with Gasteiger partial charge in [0.2, 0.25) is 0 Å². The molecule has 1 N–H and O–H groups in total. The summed E-state index contributed by atoms with van der Waals surface area (Å²) < 4.78 is 41.7. The van der Waals surface area contributed by atoms with Gasteiger partial charge in [0.1, 0.15) is 6.04 Å². The van der Waals surface area contributed by atoms with E-state index in [9.17, 15) is 23.1 Å². The first-order valence-corrected chi connectivity index (χ1v) is 10.7. The first-order valence-electron chi connectivity index (χ1n) is 10.7. The molecule has 2 atom stereocenters. The number of piperidine rings is 1. The highest BCUT2D eigenvalue weighted by atomic mass is 19.4. The van der Waals surface area contributed by atoms with Crippen LogP contribution in [0, 0.1) is 0 Å². The SMILES string of the molecule is O=C(O)C1CCCCN1C(c1ccc(-c2ccccc2)cc1)c1ccccc1C(F)(F)F. The van der Waals surface area contributed by atoms with Gasteiger partial charge < -0.3 is 5.11 Å². The molecule has 0 saturated carbocycles. The summed E-state index contributed by atoms with van der Waals surface area (Å²) in [7, 11) is 0. The Bertz CT molecular complexity index is 1060. The summed E-state index contributed by atoms with van der Waals surface area (Å²) in [6, 6.07) is 20.9. The maximum atomic E-state index is 13.9. The van der Waals surface area contributed by atoms with Crippen LogP contribution in [-0.2, 0) is 11.0 Å². The zero-order valence-electron chi connectivity index (χ0n) is 17.4. The standard InChI is InChI=1S/C26H24F3NO2/c27-26(28,29)22-11-5-4-10-21(22)24(30-17-7-6-12-23(30)25(31)32)20-15-13-19(14-16-20)18-8-2-1-3-9-18/h1-5,8-11,13-16,23-24H,6-7,12,17H2,(H,31,32). The number of benzene rings is 3. The van der Waals surface area contributed by atoms with E-state index in [1.165, 1.54) is 12.1 Å². The highest BCUT2D eigenvalue weighted by Gasteiger charge is 2.40. The zero-order valence-corrected chi connectivity index (χ0v) is 17.4. The Morgan fingerprint density at radius 2 is 1.50 bits per heavy atom. The number of carboxylic acid groups (broad SMARTS) is 1. The fourth-order valence-electron chi connectivity index (χ4n) is 4.56. The highest BCUT2D eigenvalue weighted by Crippen LogP contribution is 2.41. The van der Waals surface area contributed by atoms with Crippen molar-refractivity contribution in [3.05, 3.63) is 95.6 Å². The second kappa shape index (κ2) is 9.17. The van der Waals surface area contributed by atoms with Crippen LogP contribution in [0.1, 0.15) is 42.0 Å². The molecule has 1 saturated heterocycles. The van der Waals surface area contributed by atoms with Crippen molar-refractivity contribution < 1.29 is 23.1 Å². The molecule has 1 aliphatic rings. The predicted octanol–water partition coefficient (Wildman–Crippen LogP) is 6.40. The normalized spacial score (nSPS) is 18.3. The quantitative estimate of drug-likeness (QED) is 0.500. The molecule has 32 heavy (non-hydrogen) atoms. The number of nitrogens with zero attached hydrogens (tertiary/aromatic N) is 1. The van der Waals surface area contributed by atoms with Crippen LogP contribution in [-0.4, -0.2) is 28.6 Å². The van der Waals surface area contributed by atoms with Crippen LogP contribution in [0.25, 0.3) is 11.1 Å². The maximum absolute atomic E-state index is 13.9. The molecule has 4 rings (SSSR count). The van der Waals surface area contributed by atoms with Crippen molar-refractivity contribution >= 4 is 5.97 Å². The van der Waals surface area contributed by atoms with E-state index in [-0.39, 0.29) is 5.56 Å². The fourth-order valence-corrected chi connectivity index (χ4v) is 4.56. The Labute approximate surface area is 185 Å². The molecule has 0 aliphatic carbocycles. The van der Waals surface area contributed by atoms with Crippen molar-refractivity contribution in [2.45, 2.75) is 37.5 Å². The van der Waals surface area contributed by atoms with Gasteiger partial charge in [-0.25, -0.2) is 0 Å². The Morgan fingerprint density at radius 1 is 0.875 bits per heavy atom. The predicted molar refractivity (Wildman–Crippen MR) is 117 cm³/mol. The van der Waals surface area contributed by atoms with Gasteiger partial charge in [-0.1, -0.05) is 79.2 Å². The smallest absolute Gasteiger partial charge is 0.416 e. The fraction of sp³-hybridized carbons (Fsp3) is 0.269. The minimum atomic E-state index is -4.53. The van der Waals surface area contributed by atoms with Crippen LogP contribution in [0.3, 0.4) is 0 Å². The second-order valence-corrected chi connectivity index (χ2v) is 8.06. The Kier molecular flexibility index (Phi) is 6.33. The van der Waals surface area contributed by atoms with E-state index in [0.717, 1.165) is 30.0 Å². The number of hydrogen-bond acceptors (Lipinski definition) is 2. The average Bonchev–Trinajstić information content (AvgIpc) is 2.80. The van der Waals surface area contributed by atoms with Crippen LogP contribution in [0.4, 0.5) is 13.2 Å². The molecule has 0 spiro atoms. The third-order valence-corrected chi connectivity index (χ3v) is 6.06. The summed E-state index contributed by atoms with van der Waals surface area (Å²) in [5, 5.41) is 9.81. The van der Waals surface area contributed by atoms with Gasteiger partial charge in [-0.3, -0.25) is 9.69 Å². The molecule has 0 bridgehead atoms. The van der Waals surface area contributed by atoms with Crippen molar-refractivity contribution in [3.8, 4) is 11.1 Å². The topological polar surface area (TPSA) is 40.5 Å². The number of carbonyl (C=O) groups is 1. The van der Waals surface area contributed by atoms with E-state index in [1.807, 2.05) is 54.6 Å². The van der Waals surface area contributed by atoms with Gasteiger partial charge in [0.25, 0.3) is 0 Å². The summed E-state index contributed by atoms with van der Waals surface area (Å²) in [5.74, 6) is -1.000. The molecule has 1 heterocycles. The van der Waals surface area contributed by atoms with Gasteiger partial charge in [0.15, 0.2) is 0 Å². The summed E-state index contributed by atoms with van der Waals surface area (Å²) in [6.45, 7) is 0.425. The molecular weight excluding hydrogens is 415 g/mol. The van der Waals surface area contributed by atoms with Crippen molar-refractivity contribution in [1.82, 2.24) is 4.90 Å². The minimum absolute atomic E-state index is 0.0839. The maximum Gasteiger partial charge on any atom is 0.416 e. The Morgan fingerprint density at radius 3 is 2.16 bits per heavy atom. The lowest BCUT2D eigenvalue weighted by atomic mass is 9.88. The lowest BCUT2D eigenvalue weighted by molar-refractivity contribution is -0.145. The third-order valence-electron chi connectivity index (χ3n) is 6.06. The van der Waals surface area contributed by atoms with Gasteiger partial charge in [-0.2, -0.15) is 13.2 Å². The molecule has 2 unspecified atom stereocenters. The van der Waals surface area contributed by atoms with Crippen LogP contribution in [0.15, 0.2) is 78.9 Å². The van der Waals surface area contributed by atoms with Crippen LogP contribution < -0.4 is 0 Å². The number of aliphatic carboxylic acids is 1. The number of alkyl halides is 3. The first kappa shape index (κ1) is 22.1. The van der Waals surface area contributed by atoms with Gasteiger partial charge in [-0.05, 0) is 47.7 Å². The number of likely N-dealkylation sites (tertiary alicyclic amines) is 1. The summed E-state index contributed by atoms with van der Waals surface area (Å²) in [5.41, 5.74) is 1.96. The zero-order chi connectivity index (χ0) is 22.7. The molecule has 166 valence electrons. The van der Waals surface area contributed by atoms with Crippen molar-refractivity contribution in [1.29, 1.82) is 0 Å². The van der Waals surface area contributed by atoms with Gasteiger partial charge >= 0.3 is 12.1 Å². The van der Waals surface area contributed by atoms with Crippen LogP contribution >= 0.6 is 0 Å². The molecule has 0 amide bonds. The molecule has 0 aromatic heterocycles. The van der Waals surface area contributed by atoms with Crippen molar-refractivity contribution in [2.75, 3.05) is 6.54 Å². The Hall–Kier alpha value is -3.12. The average molecular weight is 439 g/mol. The van der Waals surface area contributed by atoms with E-state index < -0.39 is 29.8 Å². The molecule has 1 fully saturated rings. The van der Waals surface area contributed by atoms with Crippen molar-refractivity contribution in [2.24, 2.45) is 0 Å². The van der Waals surface area contributed by atoms with E-state index in [2.05, 4.69) is 0 Å². The highest BCUT2D eigenvalue weighted by molar-refractivity contribution is 5.74. The summed E-state index contributed by atoms with van der Waals surface area (Å²) in [4.78, 5) is 13.7. The molecule has 1 aliphatic heterocycles. The summed E-state index contributed by atoms with van der Waals surface area (Å²) in [6.07, 6.45) is -2.62. The molecule has 3 nitrogen and oxygen atoms in total. The van der Waals surface area contributed by atoms with E-state index in [4.69, 9.17) is 0 Å². The minimum Gasteiger partial charge on any atom is -0.480 e. The lowest BCUT2D eigenvalue weighted by Crippen LogP contribution is -2.47. The monoisotopic (exact) mass is 439 g/mol. The van der Waals surface area contributed by atoms with E-state index in [0.29, 0.717) is 18.5 Å². The lowest BCUT2D eigenvalue weighted by Gasteiger charge is -2.40. The third kappa shape index (κ3) is 4.55. The van der Waals surface area contributed by atoms with E-state index >= 15 is 0 Å². The van der Waals surface area contributed by atoms with Gasteiger partial charge in [0.05, 0.1) is 11.6 Å². The molecule has 3 aromatic rings. The van der Waals surface area contributed by atoms with Gasteiger partial charge in [-0.15, -0.1) is 0 Å². The van der Waals surface area contributed by atoms with Gasteiger partial charge in [0, 0.05) is 0 Å². The number of carboxylic acids is 1. The van der Waals surface area contributed by atoms with Crippen LogP contribution in [0.2, 0.25) is 0 Å². The van der Waals surface area contributed by atoms with Crippen LogP contribution in [0.5, 0.6) is 0 Å². The van der Waals surface area contributed by atoms with Crippen molar-refractivity contribution in [3.63, 3.8) is 0 Å². The second-order valence-electron chi connectivity index (χ2n) is 8.06. The number of halogens is 3. The molecule has 6 heteroatoms. The number of hydrogen-bond donors (Lipinski definition) is 1. The molecular formula is C26H24F3NO2. The molecule has 0 radical (unpaired) electrons. The summed E-state index contributed by atoms with van der Waals surface area (Å²) >= 11 is 0. The molecule has 3 aromatic carbocycles. The Balaban J connectivity index is 1.83. The first-order chi connectivity index (χ1) is 15.4.